The van der Waals surface area contributed by atoms with Gasteiger partial charge in [-0.3, -0.25) is 4.79 Å². The van der Waals surface area contributed by atoms with Crippen LogP contribution in [-0.2, 0) is 20.9 Å². The monoisotopic (exact) mass is 404 g/mol. The fourth-order valence-electron chi connectivity index (χ4n) is 3.69. The molecular formula is C26H44O3. The Morgan fingerprint density at radius 2 is 1.34 bits per heavy atom. The summed E-state index contributed by atoms with van der Waals surface area (Å²) < 4.78 is 10.9. The molecule has 0 fully saturated rings. The van der Waals surface area contributed by atoms with E-state index in [0.29, 0.717) is 19.1 Å². The molecule has 1 unspecified atom stereocenters. The zero-order valence-electron chi connectivity index (χ0n) is 19.0. The van der Waals surface area contributed by atoms with E-state index in [2.05, 4.69) is 6.92 Å². The van der Waals surface area contributed by atoms with E-state index in [1.807, 2.05) is 37.4 Å². The van der Waals surface area contributed by atoms with Gasteiger partial charge in [0.2, 0.25) is 0 Å². The molecule has 1 rings (SSSR count). The van der Waals surface area contributed by atoms with Gasteiger partial charge in [-0.15, -0.1) is 0 Å². The van der Waals surface area contributed by atoms with Crippen molar-refractivity contribution in [1.82, 2.24) is 0 Å². The van der Waals surface area contributed by atoms with Crippen molar-refractivity contribution < 1.29 is 14.3 Å². The SMILES string of the molecule is CCCCCCC(CCCCCCCCCCC(=O)OCc1ccccc1)OC. The number of ether oxygens (including phenoxy) is 2. The minimum absolute atomic E-state index is 0.0729. The Kier molecular flexibility index (Phi) is 16.5. The predicted octanol–water partition coefficient (Wildman–Crippen LogP) is 7.62. The molecule has 0 saturated heterocycles. The number of hydrogen-bond acceptors (Lipinski definition) is 3. The summed E-state index contributed by atoms with van der Waals surface area (Å²) in [6.45, 7) is 2.65. The first-order valence-corrected chi connectivity index (χ1v) is 12.0. The second kappa shape index (κ2) is 18.7. The largest absolute Gasteiger partial charge is 0.461 e. The van der Waals surface area contributed by atoms with Crippen LogP contribution in [0.3, 0.4) is 0 Å². The van der Waals surface area contributed by atoms with Crippen molar-refractivity contribution in [3.63, 3.8) is 0 Å². The minimum Gasteiger partial charge on any atom is -0.461 e. The molecule has 29 heavy (non-hydrogen) atoms. The van der Waals surface area contributed by atoms with Crippen LogP contribution in [0.1, 0.15) is 109 Å². The summed E-state index contributed by atoms with van der Waals surface area (Å²) in [5, 5.41) is 0. The lowest BCUT2D eigenvalue weighted by Crippen LogP contribution is -2.10. The number of methoxy groups -OCH3 is 1. The van der Waals surface area contributed by atoms with Gasteiger partial charge in [0, 0.05) is 13.5 Å². The molecule has 0 aliphatic heterocycles. The van der Waals surface area contributed by atoms with Crippen LogP contribution in [0.2, 0.25) is 0 Å². The topological polar surface area (TPSA) is 35.5 Å². The molecule has 0 N–H and O–H groups in total. The number of carbonyl (C=O) groups excluding carboxylic acids is 1. The molecule has 0 heterocycles. The summed E-state index contributed by atoms with van der Waals surface area (Å²) in [4.78, 5) is 11.8. The predicted molar refractivity (Wildman–Crippen MR) is 122 cm³/mol. The third kappa shape index (κ3) is 15.2. The Hall–Kier alpha value is -1.35. The summed E-state index contributed by atoms with van der Waals surface area (Å²) in [6, 6.07) is 9.87. The van der Waals surface area contributed by atoms with Gasteiger partial charge in [-0.25, -0.2) is 0 Å². The molecule has 0 aliphatic rings. The van der Waals surface area contributed by atoms with Gasteiger partial charge >= 0.3 is 5.97 Å². The van der Waals surface area contributed by atoms with E-state index in [9.17, 15) is 4.79 Å². The normalized spacial score (nSPS) is 12.1. The molecule has 0 radical (unpaired) electrons. The zero-order chi connectivity index (χ0) is 21.0. The van der Waals surface area contributed by atoms with Crippen LogP contribution < -0.4 is 0 Å². The second-order valence-electron chi connectivity index (χ2n) is 8.22. The summed E-state index contributed by atoms with van der Waals surface area (Å²) in [5.41, 5.74) is 1.05. The molecule has 0 aromatic heterocycles. The molecular weight excluding hydrogens is 360 g/mol. The first kappa shape index (κ1) is 25.7. The van der Waals surface area contributed by atoms with Crippen molar-refractivity contribution in [2.24, 2.45) is 0 Å². The van der Waals surface area contributed by atoms with Crippen molar-refractivity contribution in [2.45, 2.75) is 116 Å². The van der Waals surface area contributed by atoms with E-state index in [-0.39, 0.29) is 5.97 Å². The van der Waals surface area contributed by atoms with E-state index in [0.717, 1.165) is 18.4 Å². The number of hydrogen-bond donors (Lipinski definition) is 0. The molecule has 0 aliphatic carbocycles. The van der Waals surface area contributed by atoms with Gasteiger partial charge in [0.05, 0.1) is 6.10 Å². The quantitative estimate of drug-likeness (QED) is 0.176. The Morgan fingerprint density at radius 3 is 1.93 bits per heavy atom. The number of unbranched alkanes of at least 4 members (excludes halogenated alkanes) is 10. The third-order valence-corrected chi connectivity index (χ3v) is 5.61. The highest BCUT2D eigenvalue weighted by molar-refractivity contribution is 5.69. The molecule has 0 amide bonds. The lowest BCUT2D eigenvalue weighted by Gasteiger charge is -2.15. The molecule has 0 bridgehead atoms. The fraction of sp³-hybridized carbons (Fsp3) is 0.731. The Bertz CT molecular complexity index is 486. The zero-order valence-corrected chi connectivity index (χ0v) is 19.0. The first-order valence-electron chi connectivity index (χ1n) is 12.0. The highest BCUT2D eigenvalue weighted by atomic mass is 16.5. The van der Waals surface area contributed by atoms with Gasteiger partial charge in [0.15, 0.2) is 0 Å². The van der Waals surface area contributed by atoms with Gasteiger partial charge in [0.25, 0.3) is 0 Å². The summed E-state index contributed by atoms with van der Waals surface area (Å²) in [5.74, 6) is -0.0729. The van der Waals surface area contributed by atoms with Crippen molar-refractivity contribution in [2.75, 3.05) is 7.11 Å². The molecule has 0 saturated carbocycles. The van der Waals surface area contributed by atoms with Crippen LogP contribution in [0.15, 0.2) is 30.3 Å². The minimum atomic E-state index is -0.0729. The van der Waals surface area contributed by atoms with Gasteiger partial charge in [0.1, 0.15) is 6.61 Å². The van der Waals surface area contributed by atoms with E-state index in [1.54, 1.807) is 0 Å². The maximum absolute atomic E-state index is 11.8. The maximum atomic E-state index is 11.8. The van der Waals surface area contributed by atoms with Gasteiger partial charge in [-0.1, -0.05) is 108 Å². The molecule has 3 heteroatoms. The van der Waals surface area contributed by atoms with Crippen molar-refractivity contribution in [1.29, 1.82) is 0 Å². The Labute approximate surface area is 179 Å². The van der Waals surface area contributed by atoms with E-state index in [1.165, 1.54) is 77.0 Å². The Balaban J connectivity index is 1.86. The number of esters is 1. The van der Waals surface area contributed by atoms with Crippen LogP contribution in [0, 0.1) is 0 Å². The molecule has 1 atom stereocenters. The second-order valence-corrected chi connectivity index (χ2v) is 8.22. The van der Waals surface area contributed by atoms with Crippen LogP contribution in [-0.4, -0.2) is 19.2 Å². The molecule has 0 spiro atoms. The first-order chi connectivity index (χ1) is 14.3. The number of benzene rings is 1. The van der Waals surface area contributed by atoms with Gasteiger partial charge < -0.3 is 9.47 Å². The Morgan fingerprint density at radius 1 is 0.793 bits per heavy atom. The number of carbonyl (C=O) groups is 1. The summed E-state index contributed by atoms with van der Waals surface area (Å²) in [6.07, 6.45) is 18.6. The van der Waals surface area contributed by atoms with Crippen molar-refractivity contribution in [3.05, 3.63) is 35.9 Å². The summed E-state index contributed by atoms with van der Waals surface area (Å²) in [7, 11) is 1.86. The lowest BCUT2D eigenvalue weighted by molar-refractivity contribution is -0.145. The van der Waals surface area contributed by atoms with Gasteiger partial charge in [-0.2, -0.15) is 0 Å². The van der Waals surface area contributed by atoms with Crippen molar-refractivity contribution >= 4 is 5.97 Å². The maximum Gasteiger partial charge on any atom is 0.306 e. The van der Waals surface area contributed by atoms with Crippen LogP contribution >= 0.6 is 0 Å². The highest BCUT2D eigenvalue weighted by Crippen LogP contribution is 2.16. The van der Waals surface area contributed by atoms with Crippen LogP contribution in [0.5, 0.6) is 0 Å². The van der Waals surface area contributed by atoms with Gasteiger partial charge in [-0.05, 0) is 24.8 Å². The van der Waals surface area contributed by atoms with E-state index < -0.39 is 0 Å². The van der Waals surface area contributed by atoms with Crippen LogP contribution in [0.4, 0.5) is 0 Å². The molecule has 3 nitrogen and oxygen atoms in total. The average molecular weight is 405 g/mol. The smallest absolute Gasteiger partial charge is 0.306 e. The molecule has 1 aromatic rings. The lowest BCUT2D eigenvalue weighted by atomic mass is 10.0. The van der Waals surface area contributed by atoms with E-state index >= 15 is 0 Å². The number of rotatable bonds is 19. The molecule has 1 aromatic carbocycles. The highest BCUT2D eigenvalue weighted by Gasteiger charge is 2.06. The van der Waals surface area contributed by atoms with E-state index in [4.69, 9.17) is 9.47 Å². The van der Waals surface area contributed by atoms with Crippen LogP contribution in [0.25, 0.3) is 0 Å². The average Bonchev–Trinajstić information content (AvgIpc) is 2.75. The summed E-state index contributed by atoms with van der Waals surface area (Å²) >= 11 is 0. The molecule has 166 valence electrons. The fourth-order valence-corrected chi connectivity index (χ4v) is 3.69. The van der Waals surface area contributed by atoms with Crippen molar-refractivity contribution in [3.8, 4) is 0 Å². The third-order valence-electron chi connectivity index (χ3n) is 5.61. The standard InChI is InChI=1S/C26H44O3/c1-3-4-5-15-20-25(28-2)21-16-10-8-6-7-9-11-17-22-26(27)29-23-24-18-13-12-14-19-24/h12-14,18-19,25H,3-11,15-17,20-23H2,1-2H3.